The minimum Gasteiger partial charge on any atom is -0.477 e. The Morgan fingerprint density at radius 2 is 2.21 bits per heavy atom. The van der Waals surface area contributed by atoms with Crippen LogP contribution in [0.5, 0.6) is 0 Å². The number of nitrogens with one attached hydrogen (secondary N) is 1. The van der Waals surface area contributed by atoms with E-state index >= 15 is 0 Å². The minimum absolute atomic E-state index is 0.0780. The number of rotatable bonds is 7. The Kier molecular flexibility index (Phi) is 6.65. The summed E-state index contributed by atoms with van der Waals surface area (Å²) < 4.78 is 5.41. The van der Waals surface area contributed by atoms with E-state index in [0.717, 1.165) is 16.2 Å². The van der Waals surface area contributed by atoms with Gasteiger partial charge in [0.2, 0.25) is 5.91 Å². The molecular weight excluding hydrogens is 517 g/mol. The molecule has 0 aliphatic carbocycles. The summed E-state index contributed by atoms with van der Waals surface area (Å²) in [5.74, 6) is -1.13. The first-order valence-corrected chi connectivity index (χ1v) is 14.1. The monoisotopic (exact) mass is 534 g/mol. The van der Waals surface area contributed by atoms with Crippen molar-refractivity contribution in [3.8, 4) is 0 Å². The lowest BCUT2D eigenvalue weighted by atomic mass is 10.0. The number of cyclic esters (lactones) is 1. The average Bonchev–Trinajstić information content (AvgIpc) is 3.45. The molecule has 0 radical (unpaired) electrons. The molecule has 34 heavy (non-hydrogen) atoms. The van der Waals surface area contributed by atoms with Crippen molar-refractivity contribution in [2.75, 3.05) is 11.5 Å². The molecule has 0 aromatic carbocycles. The summed E-state index contributed by atoms with van der Waals surface area (Å²) in [5, 5.41) is 15.7. The van der Waals surface area contributed by atoms with Gasteiger partial charge in [-0.05, 0) is 28.5 Å². The van der Waals surface area contributed by atoms with Crippen LogP contribution < -0.4 is 5.32 Å². The van der Waals surface area contributed by atoms with Crippen LogP contribution in [-0.4, -0.2) is 62.1 Å². The van der Waals surface area contributed by atoms with Crippen LogP contribution >= 0.6 is 46.6 Å². The maximum atomic E-state index is 12.8. The van der Waals surface area contributed by atoms with Crippen molar-refractivity contribution < 1.29 is 29.0 Å². The molecule has 12 heteroatoms. The molecule has 0 spiro atoms. The van der Waals surface area contributed by atoms with Crippen LogP contribution in [-0.2, 0) is 30.3 Å². The summed E-state index contributed by atoms with van der Waals surface area (Å²) in [5.41, 5.74) is 0.755. The molecule has 2 unspecified atom stereocenters. The molecule has 4 aliphatic rings. The number of β-lactam (4-membered cyclic amide) rings is 1. The second kappa shape index (κ2) is 9.68. The fourth-order valence-corrected chi connectivity index (χ4v) is 7.74. The number of esters is 1. The molecule has 5 rings (SSSR count). The second-order valence-corrected chi connectivity index (χ2v) is 11.7. The van der Waals surface area contributed by atoms with Crippen molar-refractivity contribution in [3.05, 3.63) is 67.8 Å². The lowest BCUT2D eigenvalue weighted by molar-refractivity contribution is -0.150. The molecule has 1 aromatic heterocycles. The van der Waals surface area contributed by atoms with Crippen molar-refractivity contribution in [1.29, 1.82) is 0 Å². The fourth-order valence-electron chi connectivity index (χ4n) is 3.90. The summed E-state index contributed by atoms with van der Waals surface area (Å²) in [6, 6.07) is 2.96. The van der Waals surface area contributed by atoms with Crippen molar-refractivity contribution in [2.45, 2.75) is 23.3 Å². The first-order chi connectivity index (χ1) is 16.4. The predicted molar refractivity (Wildman–Crippen MR) is 133 cm³/mol. The summed E-state index contributed by atoms with van der Waals surface area (Å²) in [6.07, 6.45) is 5.69. The Labute approximate surface area is 211 Å². The van der Waals surface area contributed by atoms with Gasteiger partial charge in [-0.25, -0.2) is 9.59 Å². The van der Waals surface area contributed by atoms with Gasteiger partial charge in [0, 0.05) is 22.0 Å². The highest BCUT2D eigenvalue weighted by molar-refractivity contribution is 8.04. The number of thiophene rings is 1. The van der Waals surface area contributed by atoms with Crippen LogP contribution in [0.1, 0.15) is 4.88 Å². The third-order valence-corrected chi connectivity index (χ3v) is 9.56. The van der Waals surface area contributed by atoms with Crippen molar-refractivity contribution in [3.63, 3.8) is 0 Å². The smallest absolute Gasteiger partial charge is 0.352 e. The number of amides is 2. The van der Waals surface area contributed by atoms with Gasteiger partial charge in [-0.2, -0.15) is 0 Å². The molecular formula is C22H18N2O6S4. The van der Waals surface area contributed by atoms with Crippen molar-refractivity contribution in [2.24, 2.45) is 0 Å². The maximum absolute atomic E-state index is 12.8. The number of nitrogens with zero attached hydrogens (tertiary/aromatic N) is 1. The quantitative estimate of drug-likeness (QED) is 0.403. The van der Waals surface area contributed by atoms with Crippen LogP contribution in [0.15, 0.2) is 62.9 Å². The molecule has 0 saturated carbocycles. The van der Waals surface area contributed by atoms with E-state index in [0.29, 0.717) is 16.2 Å². The number of allylic oxidation sites excluding steroid dienone is 1. The molecule has 2 amide bonds. The van der Waals surface area contributed by atoms with E-state index in [1.54, 1.807) is 11.5 Å². The van der Waals surface area contributed by atoms with E-state index < -0.39 is 28.7 Å². The molecule has 1 aromatic rings. The van der Waals surface area contributed by atoms with Crippen LogP contribution in [0.3, 0.4) is 0 Å². The number of carboxylic acid groups (broad SMARTS) is 1. The molecule has 1 fully saturated rings. The zero-order chi connectivity index (χ0) is 23.8. The molecule has 8 nitrogen and oxygen atoms in total. The highest BCUT2D eigenvalue weighted by Crippen LogP contribution is 2.42. The normalized spacial score (nSPS) is 25.9. The summed E-state index contributed by atoms with van der Waals surface area (Å²) in [7, 11) is 0. The molecule has 176 valence electrons. The van der Waals surface area contributed by atoms with Gasteiger partial charge >= 0.3 is 11.9 Å². The van der Waals surface area contributed by atoms with E-state index in [4.69, 9.17) is 4.74 Å². The molecule has 5 heterocycles. The van der Waals surface area contributed by atoms with E-state index in [2.05, 4.69) is 5.32 Å². The largest absolute Gasteiger partial charge is 0.477 e. The van der Waals surface area contributed by atoms with Gasteiger partial charge in [-0.1, -0.05) is 30.0 Å². The Morgan fingerprint density at radius 1 is 1.35 bits per heavy atom. The van der Waals surface area contributed by atoms with Crippen LogP contribution in [0, 0.1) is 0 Å². The topological polar surface area (TPSA) is 113 Å². The number of fused-ring (bicyclic) bond motifs is 1. The Hall–Kier alpha value is -2.41. The average molecular weight is 535 g/mol. The van der Waals surface area contributed by atoms with Crippen molar-refractivity contribution in [1.82, 2.24) is 10.2 Å². The Bertz CT molecular complexity index is 1190. The maximum Gasteiger partial charge on any atom is 0.352 e. The minimum atomic E-state index is -1.20. The van der Waals surface area contributed by atoms with Gasteiger partial charge in [0.1, 0.15) is 22.0 Å². The van der Waals surface area contributed by atoms with Crippen LogP contribution in [0.25, 0.3) is 0 Å². The van der Waals surface area contributed by atoms with Gasteiger partial charge in [0.05, 0.1) is 6.42 Å². The van der Waals surface area contributed by atoms with Gasteiger partial charge in [-0.3, -0.25) is 14.5 Å². The first-order valence-electron chi connectivity index (χ1n) is 10.2. The van der Waals surface area contributed by atoms with Gasteiger partial charge in [-0.15, -0.1) is 34.9 Å². The third-order valence-electron chi connectivity index (χ3n) is 5.44. The van der Waals surface area contributed by atoms with Gasteiger partial charge < -0.3 is 15.2 Å². The molecule has 1 saturated heterocycles. The number of carboxylic acids is 1. The van der Waals surface area contributed by atoms with E-state index in [1.165, 1.54) is 51.5 Å². The number of hydrogen-bond acceptors (Lipinski definition) is 9. The fraction of sp³-hybridized carbons (Fsp3) is 0.273. The van der Waals surface area contributed by atoms with Crippen LogP contribution in [0.2, 0.25) is 0 Å². The zero-order valence-electron chi connectivity index (χ0n) is 17.5. The van der Waals surface area contributed by atoms with Gasteiger partial charge in [0.25, 0.3) is 5.91 Å². The lowest BCUT2D eigenvalue weighted by Crippen LogP contribution is -2.70. The summed E-state index contributed by atoms with van der Waals surface area (Å²) in [6.45, 7) is 0. The highest BCUT2D eigenvalue weighted by atomic mass is 32.2. The number of thioether (sulfide) groups is 3. The molecule has 2 N–H and O–H groups in total. The number of ether oxygens (including phenoxy) is 1. The predicted octanol–water partition coefficient (Wildman–Crippen LogP) is 2.72. The van der Waals surface area contributed by atoms with Crippen molar-refractivity contribution >= 4 is 70.4 Å². The number of carbonyl (C=O) groups excluding carboxylic acids is 3. The third kappa shape index (κ3) is 4.35. The number of carbonyl (C=O) groups is 4. The second-order valence-electron chi connectivity index (χ2n) is 7.56. The molecule has 0 bridgehead atoms. The number of aliphatic carboxylic acids is 1. The van der Waals surface area contributed by atoms with Crippen LogP contribution in [0.4, 0.5) is 0 Å². The molecule has 3 atom stereocenters. The lowest BCUT2D eigenvalue weighted by Gasteiger charge is -2.49. The zero-order valence-corrected chi connectivity index (χ0v) is 20.7. The van der Waals surface area contributed by atoms with E-state index in [-0.39, 0.29) is 24.0 Å². The first kappa shape index (κ1) is 23.3. The van der Waals surface area contributed by atoms with Gasteiger partial charge in [0.15, 0.2) is 5.44 Å². The van der Waals surface area contributed by atoms with E-state index in [9.17, 15) is 24.3 Å². The Morgan fingerprint density at radius 3 is 2.97 bits per heavy atom. The van der Waals surface area contributed by atoms with E-state index in [1.807, 2.05) is 29.7 Å². The standard InChI is InChI=1S/C22H18N2O6S4/c25-14(9-12-3-1-6-31-12)23-15-18(26)24-16(20(27)28)11(10-34-19(15)24)5-8-33-22-13-4-2-7-32-17(13)21(29)30-22/h1-6,8,15,19,22H,7,9-10H2,(H,23,25)(H,27,28)/t15?,19-,22?/m0/s1. The highest BCUT2D eigenvalue weighted by Gasteiger charge is 2.54. The SMILES string of the molecule is O=C(Cc1cccs1)NC1C(=O)N2C(C(=O)O)=C(C=CSC3OC(=O)C4=C3C=CCS4)CS[C@@H]12. The summed E-state index contributed by atoms with van der Waals surface area (Å²) >= 11 is 5.58. The number of hydrogen-bond donors (Lipinski definition) is 2. The molecule has 4 aliphatic heterocycles. The summed E-state index contributed by atoms with van der Waals surface area (Å²) in [4.78, 5) is 51.9. The Balaban J connectivity index is 1.26.